The zero-order chi connectivity index (χ0) is 14.8. The molecule has 0 N–H and O–H groups in total. The minimum Gasteiger partial charge on any atom is -0.465 e. The fourth-order valence-corrected chi connectivity index (χ4v) is 1.95. The lowest BCUT2D eigenvalue weighted by atomic mass is 10.2. The normalized spacial score (nSPS) is 15.4. The molecule has 1 aromatic rings. The Bertz CT molecular complexity index is 469. The van der Waals surface area contributed by atoms with Gasteiger partial charge in [0.1, 0.15) is 0 Å². The Hall–Kier alpha value is -1.63. The molecule has 7 heteroatoms. The SMILES string of the molecule is COC(=O)c1ccc(CN(CC(F)(F)F)C2CC2)nc1. The molecule has 4 nitrogen and oxygen atoms in total. The first-order valence-electron chi connectivity index (χ1n) is 6.23. The van der Waals surface area contributed by atoms with Crippen LogP contribution in [0.15, 0.2) is 18.3 Å². The Morgan fingerprint density at radius 2 is 2.15 bits per heavy atom. The monoisotopic (exact) mass is 288 g/mol. The van der Waals surface area contributed by atoms with Gasteiger partial charge in [-0.05, 0) is 25.0 Å². The molecule has 1 aliphatic carbocycles. The van der Waals surface area contributed by atoms with Crippen molar-refractivity contribution >= 4 is 5.97 Å². The molecule has 0 radical (unpaired) electrons. The molecule has 0 aliphatic heterocycles. The number of rotatable bonds is 5. The summed E-state index contributed by atoms with van der Waals surface area (Å²) < 4.78 is 42.0. The van der Waals surface area contributed by atoms with Crippen LogP contribution in [0.2, 0.25) is 0 Å². The van der Waals surface area contributed by atoms with Crippen LogP contribution in [0.3, 0.4) is 0 Å². The van der Waals surface area contributed by atoms with E-state index in [0.717, 1.165) is 12.8 Å². The highest BCUT2D eigenvalue weighted by molar-refractivity contribution is 5.88. The summed E-state index contributed by atoms with van der Waals surface area (Å²) in [6.07, 6.45) is -1.32. The fraction of sp³-hybridized carbons (Fsp3) is 0.538. The highest BCUT2D eigenvalue weighted by atomic mass is 19.4. The summed E-state index contributed by atoms with van der Waals surface area (Å²) in [6.45, 7) is -0.802. The molecule has 1 heterocycles. The van der Waals surface area contributed by atoms with Gasteiger partial charge < -0.3 is 4.74 Å². The molecule has 0 atom stereocenters. The van der Waals surface area contributed by atoms with Crippen LogP contribution in [0.25, 0.3) is 0 Å². The van der Waals surface area contributed by atoms with Gasteiger partial charge in [0.15, 0.2) is 0 Å². The van der Waals surface area contributed by atoms with Gasteiger partial charge >= 0.3 is 12.1 Å². The van der Waals surface area contributed by atoms with E-state index in [2.05, 4.69) is 9.72 Å². The molecule has 1 aliphatic rings. The van der Waals surface area contributed by atoms with Crippen LogP contribution in [0.5, 0.6) is 0 Å². The number of carbonyl (C=O) groups excluding carboxylic acids is 1. The Labute approximate surface area is 114 Å². The van der Waals surface area contributed by atoms with Crippen LogP contribution in [0, 0.1) is 0 Å². The van der Waals surface area contributed by atoms with Crippen molar-refractivity contribution in [3.63, 3.8) is 0 Å². The van der Waals surface area contributed by atoms with Gasteiger partial charge in [0.25, 0.3) is 0 Å². The lowest BCUT2D eigenvalue weighted by Crippen LogP contribution is -2.35. The van der Waals surface area contributed by atoms with Crippen LogP contribution in [-0.2, 0) is 11.3 Å². The predicted molar refractivity (Wildman–Crippen MR) is 65.1 cm³/mol. The van der Waals surface area contributed by atoms with E-state index < -0.39 is 18.7 Å². The van der Waals surface area contributed by atoms with Crippen molar-refractivity contribution in [1.29, 1.82) is 0 Å². The molecule has 0 saturated heterocycles. The van der Waals surface area contributed by atoms with Crippen molar-refractivity contribution < 1.29 is 22.7 Å². The first kappa shape index (κ1) is 14.8. The van der Waals surface area contributed by atoms with Crippen LogP contribution >= 0.6 is 0 Å². The molecule has 0 spiro atoms. The smallest absolute Gasteiger partial charge is 0.401 e. The minimum atomic E-state index is -4.21. The van der Waals surface area contributed by atoms with Crippen LogP contribution in [0.4, 0.5) is 13.2 Å². The number of carbonyl (C=O) groups is 1. The van der Waals surface area contributed by atoms with E-state index >= 15 is 0 Å². The van der Waals surface area contributed by atoms with Crippen molar-refractivity contribution in [2.45, 2.75) is 31.6 Å². The number of esters is 1. The molecule has 1 fully saturated rings. The summed E-state index contributed by atoms with van der Waals surface area (Å²) in [5, 5.41) is 0. The first-order valence-corrected chi connectivity index (χ1v) is 6.23. The Morgan fingerprint density at radius 3 is 2.60 bits per heavy atom. The molecule has 0 amide bonds. The van der Waals surface area contributed by atoms with Gasteiger partial charge in [-0.2, -0.15) is 13.2 Å². The van der Waals surface area contributed by atoms with E-state index in [4.69, 9.17) is 0 Å². The number of hydrogen-bond acceptors (Lipinski definition) is 4. The third-order valence-electron chi connectivity index (χ3n) is 3.06. The zero-order valence-corrected chi connectivity index (χ0v) is 11.0. The summed E-state index contributed by atoms with van der Waals surface area (Å²) in [5.74, 6) is -0.515. The van der Waals surface area contributed by atoms with Gasteiger partial charge in [0, 0.05) is 18.8 Å². The minimum absolute atomic E-state index is 0.0151. The van der Waals surface area contributed by atoms with E-state index in [1.165, 1.54) is 24.3 Å². The van der Waals surface area contributed by atoms with Crippen LogP contribution in [-0.4, -0.2) is 41.7 Å². The summed E-state index contributed by atoms with van der Waals surface area (Å²) in [7, 11) is 1.26. The van der Waals surface area contributed by atoms with Crippen molar-refractivity contribution in [1.82, 2.24) is 9.88 Å². The van der Waals surface area contributed by atoms with Crippen molar-refractivity contribution in [3.8, 4) is 0 Å². The number of hydrogen-bond donors (Lipinski definition) is 0. The quantitative estimate of drug-likeness (QED) is 0.780. The molecular weight excluding hydrogens is 273 g/mol. The second-order valence-electron chi connectivity index (χ2n) is 4.78. The maximum absolute atomic E-state index is 12.5. The van der Waals surface area contributed by atoms with E-state index in [-0.39, 0.29) is 18.2 Å². The average Bonchev–Trinajstić information content (AvgIpc) is 3.20. The van der Waals surface area contributed by atoms with Crippen molar-refractivity contribution in [3.05, 3.63) is 29.6 Å². The molecule has 1 saturated carbocycles. The number of ether oxygens (including phenoxy) is 1. The van der Waals surface area contributed by atoms with Gasteiger partial charge in [-0.25, -0.2) is 4.79 Å². The Balaban J connectivity index is 2.01. The highest BCUT2D eigenvalue weighted by Crippen LogP contribution is 2.31. The van der Waals surface area contributed by atoms with Gasteiger partial charge in [-0.3, -0.25) is 9.88 Å². The topological polar surface area (TPSA) is 42.4 Å². The molecular formula is C13H15F3N2O2. The second kappa shape index (κ2) is 5.78. The van der Waals surface area contributed by atoms with E-state index in [1.54, 1.807) is 6.07 Å². The van der Waals surface area contributed by atoms with E-state index in [1.807, 2.05) is 0 Å². The zero-order valence-electron chi connectivity index (χ0n) is 11.0. The third kappa shape index (κ3) is 4.19. The molecule has 0 bridgehead atoms. The molecule has 1 aromatic heterocycles. The standard InChI is InChI=1S/C13H15F3N2O2/c1-20-12(19)9-2-3-10(17-6-9)7-18(11-4-5-11)8-13(14,15)16/h2-3,6,11H,4-5,7-8H2,1H3. The summed E-state index contributed by atoms with van der Waals surface area (Å²) in [4.78, 5) is 16.6. The Kier molecular flexibility index (Phi) is 4.27. The number of nitrogens with zero attached hydrogens (tertiary/aromatic N) is 2. The van der Waals surface area contributed by atoms with E-state index in [9.17, 15) is 18.0 Å². The molecule has 20 heavy (non-hydrogen) atoms. The summed E-state index contributed by atoms with van der Waals surface area (Å²) in [5.41, 5.74) is 0.791. The second-order valence-corrected chi connectivity index (χ2v) is 4.78. The average molecular weight is 288 g/mol. The van der Waals surface area contributed by atoms with Gasteiger partial charge in [-0.15, -0.1) is 0 Å². The Morgan fingerprint density at radius 1 is 1.45 bits per heavy atom. The van der Waals surface area contributed by atoms with Gasteiger partial charge in [0.2, 0.25) is 0 Å². The molecule has 110 valence electrons. The van der Waals surface area contributed by atoms with Crippen molar-refractivity contribution in [2.75, 3.05) is 13.7 Å². The maximum atomic E-state index is 12.5. The highest BCUT2D eigenvalue weighted by Gasteiger charge is 2.38. The number of alkyl halides is 3. The fourth-order valence-electron chi connectivity index (χ4n) is 1.95. The number of pyridine rings is 1. The first-order chi connectivity index (χ1) is 9.39. The molecule has 0 aromatic carbocycles. The number of aromatic nitrogens is 1. The lowest BCUT2D eigenvalue weighted by molar-refractivity contribution is -0.148. The third-order valence-corrected chi connectivity index (χ3v) is 3.06. The lowest BCUT2D eigenvalue weighted by Gasteiger charge is -2.22. The largest absolute Gasteiger partial charge is 0.465 e. The van der Waals surface area contributed by atoms with Gasteiger partial charge in [-0.1, -0.05) is 0 Å². The predicted octanol–water partition coefficient (Wildman–Crippen LogP) is 2.39. The maximum Gasteiger partial charge on any atom is 0.401 e. The summed E-state index contributed by atoms with van der Waals surface area (Å²) >= 11 is 0. The van der Waals surface area contributed by atoms with Gasteiger partial charge in [0.05, 0.1) is 24.9 Å². The number of methoxy groups -OCH3 is 1. The van der Waals surface area contributed by atoms with Crippen molar-refractivity contribution in [2.24, 2.45) is 0 Å². The number of halogens is 3. The molecule has 2 rings (SSSR count). The molecule has 0 unspecified atom stereocenters. The van der Waals surface area contributed by atoms with Crippen LogP contribution in [0.1, 0.15) is 28.9 Å². The van der Waals surface area contributed by atoms with E-state index in [0.29, 0.717) is 5.69 Å². The summed E-state index contributed by atoms with van der Waals surface area (Å²) in [6, 6.07) is 3.05. The van der Waals surface area contributed by atoms with Crippen LogP contribution < -0.4 is 0 Å².